The quantitative estimate of drug-likeness (QED) is 0.847. The van der Waals surface area contributed by atoms with Gasteiger partial charge >= 0.3 is 0 Å². The Bertz CT molecular complexity index is 417. The third-order valence-corrected chi connectivity index (χ3v) is 4.25. The molecule has 1 nitrogen and oxygen atoms in total. The lowest BCUT2D eigenvalue weighted by atomic mass is 9.79. The first-order valence-corrected chi connectivity index (χ1v) is 7.24. The van der Waals surface area contributed by atoms with Gasteiger partial charge in [-0.05, 0) is 41.9 Å². The predicted molar refractivity (Wildman–Crippen MR) is 79.9 cm³/mol. The van der Waals surface area contributed by atoms with Crippen LogP contribution in [0.25, 0.3) is 6.08 Å². The van der Waals surface area contributed by atoms with Gasteiger partial charge in [-0.3, -0.25) is 0 Å². The van der Waals surface area contributed by atoms with Crippen molar-refractivity contribution >= 4 is 17.7 Å². The van der Waals surface area contributed by atoms with Crippen LogP contribution in [-0.2, 0) is 0 Å². The van der Waals surface area contributed by atoms with Crippen molar-refractivity contribution in [2.24, 2.45) is 11.7 Å². The molecule has 0 aromatic heterocycles. The van der Waals surface area contributed by atoms with E-state index in [1.54, 1.807) is 0 Å². The molecule has 0 saturated heterocycles. The highest BCUT2D eigenvalue weighted by Gasteiger charge is 2.21. The highest BCUT2D eigenvalue weighted by Crippen LogP contribution is 2.38. The van der Waals surface area contributed by atoms with Crippen LogP contribution in [0.15, 0.2) is 24.3 Å². The summed E-state index contributed by atoms with van der Waals surface area (Å²) >= 11 is 6.41. The molecule has 1 aromatic rings. The van der Waals surface area contributed by atoms with Crippen LogP contribution in [0.4, 0.5) is 0 Å². The summed E-state index contributed by atoms with van der Waals surface area (Å²) in [6.45, 7) is 2.92. The van der Waals surface area contributed by atoms with E-state index in [-0.39, 0.29) is 0 Å². The zero-order chi connectivity index (χ0) is 13.0. The molecule has 0 amide bonds. The van der Waals surface area contributed by atoms with Gasteiger partial charge in [0.15, 0.2) is 0 Å². The van der Waals surface area contributed by atoms with Crippen molar-refractivity contribution in [2.45, 2.75) is 38.5 Å². The zero-order valence-corrected chi connectivity index (χ0v) is 11.8. The third-order valence-electron chi connectivity index (χ3n) is 3.93. The van der Waals surface area contributed by atoms with Crippen molar-refractivity contribution in [3.05, 3.63) is 40.4 Å². The Balaban J connectivity index is 2.12. The lowest BCUT2D eigenvalue weighted by Gasteiger charge is -2.27. The highest BCUT2D eigenvalue weighted by atomic mass is 35.5. The van der Waals surface area contributed by atoms with Crippen LogP contribution in [0, 0.1) is 5.92 Å². The molecule has 1 aromatic carbocycles. The average molecular weight is 264 g/mol. The molecule has 2 heteroatoms. The first kappa shape index (κ1) is 13.6. The van der Waals surface area contributed by atoms with Gasteiger partial charge in [0.1, 0.15) is 0 Å². The minimum absolute atomic E-state index is 0.569. The summed E-state index contributed by atoms with van der Waals surface area (Å²) in [6, 6.07) is 6.39. The van der Waals surface area contributed by atoms with Crippen LogP contribution in [0.5, 0.6) is 0 Å². The molecular weight excluding hydrogens is 242 g/mol. The smallest absolute Gasteiger partial charge is 0.0446 e. The second-order valence-electron chi connectivity index (χ2n) is 5.38. The molecule has 1 aliphatic carbocycles. The number of benzene rings is 1. The molecule has 0 atom stereocenters. The molecule has 2 N–H and O–H groups in total. The van der Waals surface area contributed by atoms with E-state index in [2.05, 4.69) is 25.1 Å². The second kappa shape index (κ2) is 6.40. The van der Waals surface area contributed by atoms with E-state index >= 15 is 0 Å². The molecule has 0 bridgehead atoms. The Labute approximate surface area is 115 Å². The van der Waals surface area contributed by atoms with Gasteiger partial charge in [-0.1, -0.05) is 55.7 Å². The summed E-state index contributed by atoms with van der Waals surface area (Å²) in [6.07, 6.45) is 9.19. The van der Waals surface area contributed by atoms with Crippen molar-refractivity contribution in [1.29, 1.82) is 0 Å². The minimum Gasteiger partial charge on any atom is -0.327 e. The van der Waals surface area contributed by atoms with Crippen molar-refractivity contribution in [2.75, 3.05) is 6.54 Å². The molecule has 0 heterocycles. The standard InChI is InChI=1S/C16H22ClN/c1-12-4-7-14(8-5-12)15-9-6-13(3-2-10-18)11-16(15)17/h2-3,6,9,11-12,14H,4-5,7-8,10,18H2,1H3/b3-2+. The van der Waals surface area contributed by atoms with E-state index < -0.39 is 0 Å². The molecule has 2 rings (SSSR count). The number of rotatable bonds is 3. The first-order valence-electron chi connectivity index (χ1n) is 6.86. The van der Waals surface area contributed by atoms with Crippen LogP contribution >= 0.6 is 11.6 Å². The molecule has 0 unspecified atom stereocenters. The van der Waals surface area contributed by atoms with Gasteiger partial charge in [-0.25, -0.2) is 0 Å². The predicted octanol–water partition coefficient (Wildman–Crippen LogP) is 4.61. The summed E-state index contributed by atoms with van der Waals surface area (Å²) < 4.78 is 0. The normalized spacial score (nSPS) is 24.6. The van der Waals surface area contributed by atoms with E-state index in [0.29, 0.717) is 12.5 Å². The number of hydrogen-bond acceptors (Lipinski definition) is 1. The monoisotopic (exact) mass is 263 g/mol. The summed E-state index contributed by atoms with van der Waals surface area (Å²) in [5.74, 6) is 1.54. The van der Waals surface area contributed by atoms with Crippen LogP contribution in [0.1, 0.15) is 49.7 Å². The van der Waals surface area contributed by atoms with Crippen LogP contribution in [0.3, 0.4) is 0 Å². The van der Waals surface area contributed by atoms with Crippen molar-refractivity contribution in [1.82, 2.24) is 0 Å². The van der Waals surface area contributed by atoms with E-state index in [1.165, 1.54) is 31.2 Å². The molecule has 0 radical (unpaired) electrons. The fourth-order valence-corrected chi connectivity index (χ4v) is 3.10. The lowest BCUT2D eigenvalue weighted by molar-refractivity contribution is 0.348. The average Bonchev–Trinajstić information content (AvgIpc) is 2.38. The molecule has 1 saturated carbocycles. The Hall–Kier alpha value is -0.790. The second-order valence-corrected chi connectivity index (χ2v) is 5.78. The topological polar surface area (TPSA) is 26.0 Å². The summed E-state index contributed by atoms with van der Waals surface area (Å²) in [7, 11) is 0. The number of hydrogen-bond donors (Lipinski definition) is 1. The van der Waals surface area contributed by atoms with E-state index in [9.17, 15) is 0 Å². The molecule has 0 spiro atoms. The Morgan fingerprint density at radius 1 is 1.28 bits per heavy atom. The van der Waals surface area contributed by atoms with Crippen molar-refractivity contribution in [3.8, 4) is 0 Å². The summed E-state index contributed by atoms with van der Waals surface area (Å²) in [5.41, 5.74) is 7.92. The molecule has 98 valence electrons. The van der Waals surface area contributed by atoms with Crippen LogP contribution < -0.4 is 5.73 Å². The Kier molecular flexibility index (Phi) is 4.85. The SMILES string of the molecule is CC1CCC(c2ccc(/C=C/CN)cc2Cl)CC1. The van der Waals surface area contributed by atoms with Gasteiger partial charge in [-0.15, -0.1) is 0 Å². The van der Waals surface area contributed by atoms with Gasteiger partial charge < -0.3 is 5.73 Å². The summed E-state index contributed by atoms with van der Waals surface area (Å²) in [4.78, 5) is 0. The number of nitrogens with two attached hydrogens (primary N) is 1. The zero-order valence-electron chi connectivity index (χ0n) is 11.0. The summed E-state index contributed by atoms with van der Waals surface area (Å²) in [5, 5.41) is 0.911. The van der Waals surface area contributed by atoms with Crippen molar-refractivity contribution < 1.29 is 0 Å². The fourth-order valence-electron chi connectivity index (χ4n) is 2.75. The van der Waals surface area contributed by atoms with Crippen LogP contribution in [0.2, 0.25) is 5.02 Å². The van der Waals surface area contributed by atoms with Gasteiger partial charge in [0.05, 0.1) is 0 Å². The molecule has 1 aliphatic rings. The maximum absolute atomic E-state index is 6.41. The Morgan fingerprint density at radius 3 is 2.61 bits per heavy atom. The first-order chi connectivity index (χ1) is 8.70. The lowest BCUT2D eigenvalue weighted by Crippen LogP contribution is -2.11. The van der Waals surface area contributed by atoms with Gasteiger partial charge in [-0.2, -0.15) is 0 Å². The van der Waals surface area contributed by atoms with Crippen molar-refractivity contribution in [3.63, 3.8) is 0 Å². The molecular formula is C16H22ClN. The van der Waals surface area contributed by atoms with E-state index in [1.807, 2.05) is 12.2 Å². The fraction of sp³-hybridized carbons (Fsp3) is 0.500. The Morgan fingerprint density at radius 2 is 2.00 bits per heavy atom. The van der Waals surface area contributed by atoms with Gasteiger partial charge in [0.2, 0.25) is 0 Å². The minimum atomic E-state index is 0.569. The molecule has 0 aliphatic heterocycles. The molecule has 18 heavy (non-hydrogen) atoms. The van der Waals surface area contributed by atoms with Gasteiger partial charge in [0, 0.05) is 11.6 Å². The van der Waals surface area contributed by atoms with Crippen LogP contribution in [-0.4, -0.2) is 6.54 Å². The largest absolute Gasteiger partial charge is 0.327 e. The maximum atomic E-state index is 6.41. The van der Waals surface area contributed by atoms with E-state index in [0.717, 1.165) is 16.5 Å². The van der Waals surface area contributed by atoms with E-state index in [4.69, 9.17) is 17.3 Å². The van der Waals surface area contributed by atoms with Gasteiger partial charge in [0.25, 0.3) is 0 Å². The highest BCUT2D eigenvalue weighted by molar-refractivity contribution is 6.31. The molecule has 1 fully saturated rings. The number of halogens is 1. The third kappa shape index (κ3) is 3.37. The maximum Gasteiger partial charge on any atom is 0.0446 e.